The molecule has 1 saturated carbocycles. The number of nitrogens with one attached hydrogen (secondary N) is 1. The number of hydrogen-bond acceptors (Lipinski definition) is 1. The number of rotatable bonds is 4. The lowest BCUT2D eigenvalue weighted by Crippen LogP contribution is -2.30. The van der Waals surface area contributed by atoms with Crippen LogP contribution in [-0.2, 0) is 6.42 Å². The van der Waals surface area contributed by atoms with Crippen molar-refractivity contribution in [3.05, 3.63) is 34.9 Å². The van der Waals surface area contributed by atoms with Crippen molar-refractivity contribution in [2.24, 2.45) is 5.92 Å². The average Bonchev–Trinajstić information content (AvgIpc) is 2.58. The Balaban J connectivity index is 1.92. The maximum Gasteiger partial charge on any atom is 0.0406 e. The van der Waals surface area contributed by atoms with Crippen LogP contribution in [0.4, 0.5) is 0 Å². The van der Waals surface area contributed by atoms with Crippen molar-refractivity contribution in [2.75, 3.05) is 6.54 Å². The topological polar surface area (TPSA) is 12.0 Å². The molecular weight excluding hydrogens is 242 g/mol. The van der Waals surface area contributed by atoms with E-state index in [1.165, 1.54) is 44.1 Å². The summed E-state index contributed by atoms with van der Waals surface area (Å²) in [5.74, 6) is 0.831. The first-order valence-corrected chi connectivity index (χ1v) is 7.63. The van der Waals surface area contributed by atoms with Crippen LogP contribution in [0.3, 0.4) is 0 Å². The fourth-order valence-corrected chi connectivity index (χ4v) is 3.20. The van der Waals surface area contributed by atoms with Crippen molar-refractivity contribution >= 4 is 11.6 Å². The fourth-order valence-electron chi connectivity index (χ4n) is 3.08. The Bertz CT molecular complexity index is 347. The SMILES string of the molecule is CCNC1CCCCC(Cc2ccc(Cl)cc2)C1. The van der Waals surface area contributed by atoms with Gasteiger partial charge in [-0.3, -0.25) is 0 Å². The van der Waals surface area contributed by atoms with E-state index in [2.05, 4.69) is 24.4 Å². The lowest BCUT2D eigenvalue weighted by Gasteiger charge is -2.20. The maximum absolute atomic E-state index is 5.93. The van der Waals surface area contributed by atoms with E-state index in [1.54, 1.807) is 0 Å². The predicted molar refractivity (Wildman–Crippen MR) is 79.2 cm³/mol. The first-order chi connectivity index (χ1) is 8.78. The molecule has 2 atom stereocenters. The van der Waals surface area contributed by atoms with Crippen molar-refractivity contribution in [1.82, 2.24) is 5.32 Å². The highest BCUT2D eigenvalue weighted by molar-refractivity contribution is 6.30. The molecule has 2 heteroatoms. The lowest BCUT2D eigenvalue weighted by atomic mass is 9.91. The number of hydrogen-bond donors (Lipinski definition) is 1. The third-order valence-corrected chi connectivity index (χ3v) is 4.22. The van der Waals surface area contributed by atoms with Crippen LogP contribution in [0.15, 0.2) is 24.3 Å². The summed E-state index contributed by atoms with van der Waals surface area (Å²) in [4.78, 5) is 0. The molecule has 0 heterocycles. The van der Waals surface area contributed by atoms with Gasteiger partial charge in [-0.2, -0.15) is 0 Å². The molecule has 1 aliphatic carbocycles. The molecule has 1 N–H and O–H groups in total. The second kappa shape index (κ2) is 7.16. The molecule has 0 spiro atoms. The molecule has 1 aliphatic rings. The summed E-state index contributed by atoms with van der Waals surface area (Å²) in [5.41, 5.74) is 1.43. The molecule has 1 aromatic carbocycles. The number of benzene rings is 1. The molecule has 2 rings (SSSR count). The van der Waals surface area contributed by atoms with Gasteiger partial charge in [0.25, 0.3) is 0 Å². The normalized spacial score (nSPS) is 24.8. The van der Waals surface area contributed by atoms with Gasteiger partial charge >= 0.3 is 0 Å². The Hall–Kier alpha value is -0.530. The van der Waals surface area contributed by atoms with Crippen LogP contribution in [0.5, 0.6) is 0 Å². The average molecular weight is 266 g/mol. The highest BCUT2D eigenvalue weighted by Gasteiger charge is 2.19. The van der Waals surface area contributed by atoms with Gasteiger partial charge in [-0.25, -0.2) is 0 Å². The molecular formula is C16H24ClN. The van der Waals surface area contributed by atoms with Gasteiger partial charge in [-0.1, -0.05) is 49.9 Å². The van der Waals surface area contributed by atoms with E-state index in [0.717, 1.165) is 23.5 Å². The standard InChI is InChI=1S/C16H24ClN/c1-2-18-16-6-4-3-5-14(12-16)11-13-7-9-15(17)10-8-13/h7-10,14,16,18H,2-6,11-12H2,1H3. The Morgan fingerprint density at radius 2 is 1.89 bits per heavy atom. The van der Waals surface area contributed by atoms with Crippen LogP contribution in [0.25, 0.3) is 0 Å². The van der Waals surface area contributed by atoms with Gasteiger partial charge in [0, 0.05) is 11.1 Å². The summed E-state index contributed by atoms with van der Waals surface area (Å²) in [6.45, 7) is 3.30. The molecule has 18 heavy (non-hydrogen) atoms. The lowest BCUT2D eigenvalue weighted by molar-refractivity contribution is 0.389. The molecule has 0 bridgehead atoms. The van der Waals surface area contributed by atoms with Crippen molar-refractivity contribution < 1.29 is 0 Å². The van der Waals surface area contributed by atoms with Crippen LogP contribution in [0.1, 0.15) is 44.6 Å². The van der Waals surface area contributed by atoms with Gasteiger partial charge < -0.3 is 5.32 Å². The molecule has 1 aromatic rings. The summed E-state index contributed by atoms with van der Waals surface area (Å²) in [6.07, 6.45) is 8.04. The summed E-state index contributed by atoms with van der Waals surface area (Å²) in [6, 6.07) is 9.10. The van der Waals surface area contributed by atoms with Crippen molar-refractivity contribution in [3.8, 4) is 0 Å². The zero-order valence-corrected chi connectivity index (χ0v) is 12.0. The smallest absolute Gasteiger partial charge is 0.0406 e. The van der Waals surface area contributed by atoms with Gasteiger partial charge in [0.15, 0.2) is 0 Å². The maximum atomic E-state index is 5.93. The summed E-state index contributed by atoms with van der Waals surface area (Å²) >= 11 is 5.93. The van der Waals surface area contributed by atoms with E-state index >= 15 is 0 Å². The van der Waals surface area contributed by atoms with E-state index in [1.807, 2.05) is 12.1 Å². The van der Waals surface area contributed by atoms with Crippen molar-refractivity contribution in [1.29, 1.82) is 0 Å². The van der Waals surface area contributed by atoms with E-state index in [4.69, 9.17) is 11.6 Å². The highest BCUT2D eigenvalue weighted by atomic mass is 35.5. The van der Waals surface area contributed by atoms with Crippen LogP contribution in [0, 0.1) is 5.92 Å². The highest BCUT2D eigenvalue weighted by Crippen LogP contribution is 2.26. The minimum Gasteiger partial charge on any atom is -0.314 e. The Morgan fingerprint density at radius 1 is 1.17 bits per heavy atom. The van der Waals surface area contributed by atoms with Crippen LogP contribution < -0.4 is 5.32 Å². The zero-order valence-electron chi connectivity index (χ0n) is 11.3. The Labute approximate surface area is 116 Å². The minimum atomic E-state index is 0.731. The van der Waals surface area contributed by atoms with Gasteiger partial charge in [0.2, 0.25) is 0 Å². The van der Waals surface area contributed by atoms with E-state index in [-0.39, 0.29) is 0 Å². The molecule has 0 saturated heterocycles. The predicted octanol–water partition coefficient (Wildman–Crippen LogP) is 4.44. The van der Waals surface area contributed by atoms with E-state index in [9.17, 15) is 0 Å². The first kappa shape index (κ1) is 13.9. The molecule has 100 valence electrons. The third-order valence-electron chi connectivity index (χ3n) is 3.96. The quantitative estimate of drug-likeness (QED) is 0.794. The molecule has 1 nitrogen and oxygen atoms in total. The van der Waals surface area contributed by atoms with Crippen LogP contribution in [0.2, 0.25) is 5.02 Å². The summed E-state index contributed by atoms with van der Waals surface area (Å²) in [7, 11) is 0. The van der Waals surface area contributed by atoms with Gasteiger partial charge in [-0.15, -0.1) is 0 Å². The summed E-state index contributed by atoms with van der Waals surface area (Å²) < 4.78 is 0. The van der Waals surface area contributed by atoms with E-state index in [0.29, 0.717) is 0 Å². The zero-order chi connectivity index (χ0) is 12.8. The first-order valence-electron chi connectivity index (χ1n) is 7.25. The Morgan fingerprint density at radius 3 is 2.61 bits per heavy atom. The third kappa shape index (κ3) is 4.29. The minimum absolute atomic E-state index is 0.731. The van der Waals surface area contributed by atoms with Crippen LogP contribution >= 0.6 is 11.6 Å². The molecule has 0 radical (unpaired) electrons. The van der Waals surface area contributed by atoms with Crippen molar-refractivity contribution in [3.63, 3.8) is 0 Å². The molecule has 0 amide bonds. The monoisotopic (exact) mass is 265 g/mol. The fraction of sp³-hybridized carbons (Fsp3) is 0.625. The van der Waals surface area contributed by atoms with Gasteiger partial charge in [-0.05, 0) is 49.4 Å². The molecule has 0 aromatic heterocycles. The van der Waals surface area contributed by atoms with E-state index < -0.39 is 0 Å². The van der Waals surface area contributed by atoms with Crippen molar-refractivity contribution in [2.45, 2.75) is 51.5 Å². The second-order valence-corrected chi connectivity index (χ2v) is 5.91. The Kier molecular flexibility index (Phi) is 5.52. The molecule has 0 aliphatic heterocycles. The van der Waals surface area contributed by atoms with Crippen LogP contribution in [-0.4, -0.2) is 12.6 Å². The summed E-state index contributed by atoms with van der Waals surface area (Å²) in [5, 5.41) is 4.47. The van der Waals surface area contributed by atoms with Gasteiger partial charge in [0.05, 0.1) is 0 Å². The number of halogens is 1. The largest absolute Gasteiger partial charge is 0.314 e. The molecule has 2 unspecified atom stereocenters. The molecule has 1 fully saturated rings. The second-order valence-electron chi connectivity index (χ2n) is 5.47. The van der Waals surface area contributed by atoms with Gasteiger partial charge in [0.1, 0.15) is 0 Å².